The maximum Gasteiger partial charge on any atom is 0.268 e. The van der Waals surface area contributed by atoms with Crippen LogP contribution in [0.25, 0.3) is 0 Å². The number of nitrogens with two attached hydrogens (primary N) is 1. The molecule has 2 N–H and O–H groups in total. The second-order valence-electron chi connectivity index (χ2n) is 3.93. The largest absolute Gasteiger partial charge is 0.398 e. The zero-order valence-electron chi connectivity index (χ0n) is 9.33. The maximum atomic E-state index is 12.2. The highest BCUT2D eigenvalue weighted by Crippen LogP contribution is 2.30. The van der Waals surface area contributed by atoms with Gasteiger partial charge in [0.25, 0.3) is 11.8 Å². The number of carbonyl (C=O) groups is 2. The average molecular weight is 239 g/mol. The van der Waals surface area contributed by atoms with Gasteiger partial charge in [0, 0.05) is 11.9 Å². The molecular weight excluding hydrogens is 230 g/mol. The molecule has 3 rings (SSSR count). The number of pyridine rings is 1. The van der Waals surface area contributed by atoms with Crippen molar-refractivity contribution in [3.05, 3.63) is 53.9 Å². The van der Waals surface area contributed by atoms with Crippen LogP contribution in [0.3, 0.4) is 0 Å². The topological polar surface area (TPSA) is 76.3 Å². The first-order valence-corrected chi connectivity index (χ1v) is 5.37. The summed E-state index contributed by atoms with van der Waals surface area (Å²) in [5.41, 5.74) is 7.12. The van der Waals surface area contributed by atoms with Crippen molar-refractivity contribution < 1.29 is 9.59 Å². The summed E-state index contributed by atoms with van der Waals surface area (Å²) in [5, 5.41) is 0. The van der Waals surface area contributed by atoms with E-state index in [4.69, 9.17) is 5.73 Å². The number of hydrogen-bond donors (Lipinski definition) is 1. The van der Waals surface area contributed by atoms with Crippen molar-refractivity contribution >= 4 is 23.2 Å². The van der Waals surface area contributed by atoms with Crippen molar-refractivity contribution in [3.63, 3.8) is 0 Å². The van der Waals surface area contributed by atoms with Crippen LogP contribution in [0.15, 0.2) is 42.7 Å². The van der Waals surface area contributed by atoms with E-state index in [-0.39, 0.29) is 11.5 Å². The van der Waals surface area contributed by atoms with Gasteiger partial charge in [0.2, 0.25) is 0 Å². The number of nitrogens with zero attached hydrogens (tertiary/aromatic N) is 2. The van der Waals surface area contributed by atoms with Gasteiger partial charge in [-0.15, -0.1) is 0 Å². The molecular formula is C13H9N3O2. The third-order valence-electron chi connectivity index (χ3n) is 2.85. The number of hydrogen-bond acceptors (Lipinski definition) is 4. The predicted octanol–water partition coefficient (Wildman–Crippen LogP) is 1.46. The van der Waals surface area contributed by atoms with Gasteiger partial charge in [-0.2, -0.15) is 0 Å². The van der Waals surface area contributed by atoms with Crippen molar-refractivity contribution in [2.45, 2.75) is 0 Å². The number of fused-ring (bicyclic) bond motifs is 1. The third kappa shape index (κ3) is 1.31. The summed E-state index contributed by atoms with van der Waals surface area (Å²) >= 11 is 0. The van der Waals surface area contributed by atoms with Gasteiger partial charge < -0.3 is 5.73 Å². The van der Waals surface area contributed by atoms with Gasteiger partial charge in [-0.05, 0) is 24.3 Å². The van der Waals surface area contributed by atoms with Crippen molar-refractivity contribution in [1.82, 2.24) is 4.98 Å². The first-order chi connectivity index (χ1) is 8.70. The Morgan fingerprint density at radius 1 is 1.06 bits per heavy atom. The van der Waals surface area contributed by atoms with E-state index < -0.39 is 5.91 Å². The van der Waals surface area contributed by atoms with E-state index in [0.717, 1.165) is 4.90 Å². The molecule has 18 heavy (non-hydrogen) atoms. The van der Waals surface area contributed by atoms with Crippen LogP contribution in [0.1, 0.15) is 20.7 Å². The van der Waals surface area contributed by atoms with Crippen molar-refractivity contribution in [3.8, 4) is 0 Å². The van der Waals surface area contributed by atoms with Crippen LogP contribution in [0.5, 0.6) is 0 Å². The SMILES string of the molecule is Nc1cccc2c1C(=O)N(c1cccnc1)C2=O. The Bertz CT molecular complexity index is 653. The van der Waals surface area contributed by atoms with Gasteiger partial charge in [-0.25, -0.2) is 4.90 Å². The van der Waals surface area contributed by atoms with Gasteiger partial charge in [-0.3, -0.25) is 14.6 Å². The molecule has 0 radical (unpaired) electrons. The standard InChI is InChI=1S/C13H9N3O2/c14-10-5-1-4-9-11(10)13(18)16(12(9)17)8-3-2-6-15-7-8/h1-7H,14H2. The number of nitrogen functional groups attached to an aromatic ring is 1. The minimum atomic E-state index is -0.402. The molecule has 1 aromatic heterocycles. The number of rotatable bonds is 1. The summed E-state index contributed by atoms with van der Waals surface area (Å²) in [7, 11) is 0. The lowest BCUT2D eigenvalue weighted by atomic mass is 10.1. The molecule has 1 aliphatic rings. The molecule has 0 aliphatic carbocycles. The molecule has 1 aliphatic heterocycles. The predicted molar refractivity (Wildman–Crippen MR) is 66.2 cm³/mol. The number of imide groups is 1. The van der Waals surface area contributed by atoms with E-state index in [1.807, 2.05) is 0 Å². The minimum Gasteiger partial charge on any atom is -0.398 e. The molecule has 2 heterocycles. The summed E-state index contributed by atoms with van der Waals surface area (Å²) < 4.78 is 0. The lowest BCUT2D eigenvalue weighted by Gasteiger charge is -2.12. The summed E-state index contributed by atoms with van der Waals surface area (Å²) in [5.74, 6) is -0.767. The van der Waals surface area contributed by atoms with Crippen LogP contribution in [0, 0.1) is 0 Å². The van der Waals surface area contributed by atoms with Crippen LogP contribution in [-0.4, -0.2) is 16.8 Å². The Morgan fingerprint density at radius 3 is 2.56 bits per heavy atom. The second kappa shape index (κ2) is 3.66. The third-order valence-corrected chi connectivity index (χ3v) is 2.85. The fourth-order valence-corrected chi connectivity index (χ4v) is 2.03. The number of carbonyl (C=O) groups excluding carboxylic acids is 2. The fourth-order valence-electron chi connectivity index (χ4n) is 2.03. The molecule has 2 amide bonds. The molecule has 1 aromatic carbocycles. The molecule has 0 spiro atoms. The van der Waals surface area contributed by atoms with Gasteiger partial charge in [0.15, 0.2) is 0 Å². The summed E-state index contributed by atoms with van der Waals surface area (Å²) in [6.45, 7) is 0. The molecule has 88 valence electrons. The van der Waals surface area contributed by atoms with E-state index in [2.05, 4.69) is 4.98 Å². The van der Waals surface area contributed by atoms with Crippen molar-refractivity contribution in [2.75, 3.05) is 10.6 Å². The van der Waals surface area contributed by atoms with Crippen LogP contribution in [-0.2, 0) is 0 Å². The maximum absolute atomic E-state index is 12.2. The fraction of sp³-hybridized carbons (Fsp3) is 0. The summed E-state index contributed by atoms with van der Waals surface area (Å²) in [6.07, 6.45) is 3.05. The molecule has 0 atom stereocenters. The first-order valence-electron chi connectivity index (χ1n) is 5.37. The lowest BCUT2D eigenvalue weighted by molar-refractivity contribution is 0.0926. The van der Waals surface area contributed by atoms with E-state index in [9.17, 15) is 9.59 Å². The monoisotopic (exact) mass is 239 g/mol. The average Bonchev–Trinajstić information content (AvgIpc) is 2.64. The summed E-state index contributed by atoms with van der Waals surface area (Å²) in [4.78, 5) is 29.4. The van der Waals surface area contributed by atoms with E-state index in [1.165, 1.54) is 6.20 Å². The second-order valence-corrected chi connectivity index (χ2v) is 3.93. The smallest absolute Gasteiger partial charge is 0.268 e. The Labute approximate surface area is 103 Å². The van der Waals surface area contributed by atoms with E-state index in [1.54, 1.807) is 36.5 Å². The highest BCUT2D eigenvalue weighted by Gasteiger charge is 2.37. The number of benzene rings is 1. The Hall–Kier alpha value is -2.69. The molecule has 0 fully saturated rings. The highest BCUT2D eigenvalue weighted by molar-refractivity contribution is 6.35. The number of aromatic nitrogens is 1. The molecule has 5 nitrogen and oxygen atoms in total. The zero-order chi connectivity index (χ0) is 12.7. The molecule has 0 bridgehead atoms. The van der Waals surface area contributed by atoms with Gasteiger partial charge in [-0.1, -0.05) is 6.07 Å². The van der Waals surface area contributed by atoms with Crippen LogP contribution < -0.4 is 10.6 Å². The van der Waals surface area contributed by atoms with Crippen molar-refractivity contribution in [2.24, 2.45) is 0 Å². The van der Waals surface area contributed by atoms with E-state index >= 15 is 0 Å². The Morgan fingerprint density at radius 2 is 1.89 bits per heavy atom. The quantitative estimate of drug-likeness (QED) is 0.603. The molecule has 0 unspecified atom stereocenters. The Kier molecular flexibility index (Phi) is 2.13. The zero-order valence-corrected chi connectivity index (χ0v) is 9.33. The highest BCUT2D eigenvalue weighted by atomic mass is 16.2. The number of anilines is 2. The molecule has 5 heteroatoms. The van der Waals surface area contributed by atoms with E-state index in [0.29, 0.717) is 16.9 Å². The summed E-state index contributed by atoms with van der Waals surface area (Å²) in [6, 6.07) is 8.19. The minimum absolute atomic E-state index is 0.270. The van der Waals surface area contributed by atoms with Gasteiger partial charge in [0.1, 0.15) is 0 Å². The van der Waals surface area contributed by atoms with Crippen molar-refractivity contribution in [1.29, 1.82) is 0 Å². The lowest BCUT2D eigenvalue weighted by Crippen LogP contribution is -2.29. The normalized spacial score (nSPS) is 13.9. The first kappa shape index (κ1) is 10.5. The van der Waals surface area contributed by atoms with Crippen LogP contribution >= 0.6 is 0 Å². The molecule has 0 saturated heterocycles. The molecule has 0 saturated carbocycles. The number of amides is 2. The van der Waals surface area contributed by atoms with Gasteiger partial charge >= 0.3 is 0 Å². The van der Waals surface area contributed by atoms with Gasteiger partial charge in [0.05, 0.1) is 23.0 Å². The Balaban J connectivity index is 2.17. The van der Waals surface area contributed by atoms with Crippen LogP contribution in [0.2, 0.25) is 0 Å². The van der Waals surface area contributed by atoms with Crippen LogP contribution in [0.4, 0.5) is 11.4 Å². The molecule has 2 aromatic rings.